The summed E-state index contributed by atoms with van der Waals surface area (Å²) in [6.45, 7) is 7.09. The monoisotopic (exact) mass is 339 g/mol. The highest BCUT2D eigenvalue weighted by atomic mass is 35.5. The first-order chi connectivity index (χ1) is 10.7. The molecule has 0 aliphatic carbocycles. The van der Waals surface area contributed by atoms with Crippen LogP contribution >= 0.6 is 11.6 Å². The van der Waals surface area contributed by atoms with Crippen LogP contribution in [0.15, 0.2) is 6.20 Å². The van der Waals surface area contributed by atoms with Crippen LogP contribution in [0.4, 0.5) is 4.79 Å². The molecule has 2 rings (SSSR count). The Labute approximate surface area is 138 Å². The third kappa shape index (κ3) is 3.12. The van der Waals surface area contributed by atoms with Crippen LogP contribution in [-0.2, 0) is 4.79 Å². The lowest BCUT2D eigenvalue weighted by Crippen LogP contribution is -2.48. The lowest BCUT2D eigenvalue weighted by Gasteiger charge is -2.19. The molecule has 124 valence electrons. The average Bonchev–Trinajstić information content (AvgIpc) is 2.71. The van der Waals surface area contributed by atoms with Crippen molar-refractivity contribution in [2.45, 2.75) is 45.6 Å². The molecule has 0 saturated carbocycles. The molecule has 4 amide bonds. The highest BCUT2D eigenvalue weighted by Crippen LogP contribution is 2.20. The highest BCUT2D eigenvalue weighted by molar-refractivity contribution is 6.33. The van der Waals surface area contributed by atoms with Gasteiger partial charge in [-0.05, 0) is 13.3 Å². The van der Waals surface area contributed by atoms with Crippen LogP contribution in [0.2, 0.25) is 5.02 Å². The van der Waals surface area contributed by atoms with Crippen molar-refractivity contribution < 1.29 is 14.4 Å². The number of hydrogen-bond acceptors (Lipinski definition) is 5. The molecule has 0 aromatic carbocycles. The Morgan fingerprint density at radius 2 is 2.13 bits per heavy atom. The van der Waals surface area contributed by atoms with Crippen molar-refractivity contribution in [1.82, 2.24) is 25.7 Å². The van der Waals surface area contributed by atoms with Gasteiger partial charge >= 0.3 is 6.03 Å². The van der Waals surface area contributed by atoms with Gasteiger partial charge in [0.05, 0.1) is 11.2 Å². The zero-order valence-electron chi connectivity index (χ0n) is 13.3. The molecular formula is C14H18ClN5O3. The summed E-state index contributed by atoms with van der Waals surface area (Å²) in [5.41, 5.74) is 1.12. The zero-order valence-corrected chi connectivity index (χ0v) is 14.1. The van der Waals surface area contributed by atoms with Crippen molar-refractivity contribution in [3.63, 3.8) is 0 Å². The molecule has 1 aromatic heterocycles. The quantitative estimate of drug-likeness (QED) is 0.811. The number of urea groups is 1. The number of carbonyl (C=O) groups excluding carboxylic acids is 3. The van der Waals surface area contributed by atoms with E-state index in [9.17, 15) is 14.4 Å². The second kappa shape index (κ2) is 6.11. The summed E-state index contributed by atoms with van der Waals surface area (Å²) in [5.74, 6) is -0.843. The summed E-state index contributed by atoms with van der Waals surface area (Å²) in [7, 11) is 0. The number of aromatic nitrogens is 2. The third-order valence-electron chi connectivity index (χ3n) is 3.68. The fourth-order valence-electron chi connectivity index (χ4n) is 2.00. The Kier molecular flexibility index (Phi) is 4.56. The Morgan fingerprint density at radius 3 is 2.65 bits per heavy atom. The third-order valence-corrected chi connectivity index (χ3v) is 3.95. The number of halogens is 1. The van der Waals surface area contributed by atoms with Gasteiger partial charge in [0.2, 0.25) is 0 Å². The molecule has 2 heterocycles. The molecule has 0 spiro atoms. The van der Waals surface area contributed by atoms with Crippen molar-refractivity contribution in [3.05, 3.63) is 22.7 Å². The molecule has 1 fully saturated rings. The van der Waals surface area contributed by atoms with E-state index < -0.39 is 23.4 Å². The first kappa shape index (κ1) is 17.1. The molecular weight excluding hydrogens is 322 g/mol. The van der Waals surface area contributed by atoms with Gasteiger partial charge in [-0.3, -0.25) is 15.0 Å². The predicted octanol–water partition coefficient (Wildman–Crippen LogP) is 1.62. The van der Waals surface area contributed by atoms with Crippen molar-refractivity contribution in [2.75, 3.05) is 0 Å². The fourth-order valence-corrected chi connectivity index (χ4v) is 2.18. The summed E-state index contributed by atoms with van der Waals surface area (Å²) in [6.07, 6.45) is 1.72. The molecule has 0 unspecified atom stereocenters. The van der Waals surface area contributed by atoms with E-state index in [1.54, 1.807) is 13.8 Å². The molecule has 2 N–H and O–H groups in total. The minimum Gasteiger partial charge on any atom is -0.322 e. The molecule has 1 aromatic rings. The maximum absolute atomic E-state index is 12.3. The van der Waals surface area contributed by atoms with Gasteiger partial charge < -0.3 is 5.32 Å². The summed E-state index contributed by atoms with van der Waals surface area (Å²) >= 11 is 5.95. The standard InChI is InChI=1S/C14H18ClN5O3/c1-5-14(4)12(22)20(13(23)18-14)19-11(21)9-8(15)6-16-10(17-9)7(2)3/h6-7H,5H2,1-4H3,(H,18,23)(H,19,21)/t14-/m1/s1. The minimum absolute atomic E-state index is 0.00100. The van der Waals surface area contributed by atoms with E-state index >= 15 is 0 Å². The number of hydrazine groups is 1. The smallest absolute Gasteiger partial charge is 0.322 e. The van der Waals surface area contributed by atoms with Crippen molar-refractivity contribution in [3.8, 4) is 0 Å². The summed E-state index contributed by atoms with van der Waals surface area (Å²) in [5, 5.41) is 3.23. The number of carbonyl (C=O) groups is 3. The van der Waals surface area contributed by atoms with Crippen LogP contribution in [0.3, 0.4) is 0 Å². The van der Waals surface area contributed by atoms with Gasteiger partial charge in [-0.25, -0.2) is 14.8 Å². The number of imide groups is 1. The Morgan fingerprint density at radius 1 is 1.48 bits per heavy atom. The highest BCUT2D eigenvalue weighted by Gasteiger charge is 2.47. The molecule has 1 aliphatic rings. The van der Waals surface area contributed by atoms with E-state index in [0.29, 0.717) is 17.3 Å². The Bertz CT molecular complexity index is 678. The Hall–Kier alpha value is -2.22. The van der Waals surface area contributed by atoms with E-state index in [1.807, 2.05) is 13.8 Å². The molecule has 9 heteroatoms. The van der Waals surface area contributed by atoms with Crippen LogP contribution in [-0.4, -0.2) is 38.4 Å². The largest absolute Gasteiger partial charge is 0.344 e. The van der Waals surface area contributed by atoms with Gasteiger partial charge in [0.25, 0.3) is 11.8 Å². The number of nitrogens with one attached hydrogen (secondary N) is 2. The van der Waals surface area contributed by atoms with E-state index in [1.165, 1.54) is 6.20 Å². The summed E-state index contributed by atoms with van der Waals surface area (Å²) < 4.78 is 0. The number of hydrogen-bond donors (Lipinski definition) is 2. The molecule has 0 radical (unpaired) electrons. The molecule has 0 bridgehead atoms. The number of nitrogens with zero attached hydrogens (tertiary/aromatic N) is 3. The first-order valence-corrected chi connectivity index (χ1v) is 7.57. The van der Waals surface area contributed by atoms with E-state index in [4.69, 9.17) is 11.6 Å². The van der Waals surface area contributed by atoms with Crippen LogP contribution in [0.25, 0.3) is 0 Å². The van der Waals surface area contributed by atoms with Crippen LogP contribution in [0, 0.1) is 0 Å². The zero-order chi connectivity index (χ0) is 17.4. The second-order valence-electron chi connectivity index (χ2n) is 5.78. The maximum atomic E-state index is 12.3. The average molecular weight is 340 g/mol. The van der Waals surface area contributed by atoms with Crippen molar-refractivity contribution >= 4 is 29.4 Å². The summed E-state index contributed by atoms with van der Waals surface area (Å²) in [4.78, 5) is 44.6. The minimum atomic E-state index is -1.04. The van der Waals surface area contributed by atoms with Gasteiger partial charge in [-0.2, -0.15) is 5.01 Å². The van der Waals surface area contributed by atoms with Crippen LogP contribution in [0.1, 0.15) is 56.3 Å². The van der Waals surface area contributed by atoms with Gasteiger partial charge in [0.1, 0.15) is 11.4 Å². The van der Waals surface area contributed by atoms with E-state index in [-0.39, 0.29) is 16.6 Å². The topological polar surface area (TPSA) is 104 Å². The van der Waals surface area contributed by atoms with Crippen LogP contribution in [0.5, 0.6) is 0 Å². The van der Waals surface area contributed by atoms with E-state index in [0.717, 1.165) is 0 Å². The lowest BCUT2D eigenvalue weighted by atomic mass is 10.00. The number of amides is 4. The maximum Gasteiger partial charge on any atom is 0.344 e. The fraction of sp³-hybridized carbons (Fsp3) is 0.500. The van der Waals surface area contributed by atoms with Crippen molar-refractivity contribution in [2.24, 2.45) is 0 Å². The SMILES string of the molecule is CC[C@@]1(C)NC(=O)N(NC(=O)c2nc(C(C)C)ncc2Cl)C1=O. The Balaban J connectivity index is 2.25. The molecule has 8 nitrogen and oxygen atoms in total. The van der Waals surface area contributed by atoms with Gasteiger partial charge in [-0.1, -0.05) is 32.4 Å². The molecule has 23 heavy (non-hydrogen) atoms. The van der Waals surface area contributed by atoms with Crippen molar-refractivity contribution in [1.29, 1.82) is 0 Å². The predicted molar refractivity (Wildman–Crippen MR) is 82.7 cm³/mol. The molecule has 1 saturated heterocycles. The van der Waals surface area contributed by atoms with Gasteiger partial charge in [0.15, 0.2) is 5.69 Å². The first-order valence-electron chi connectivity index (χ1n) is 7.19. The van der Waals surface area contributed by atoms with Gasteiger partial charge in [-0.15, -0.1) is 0 Å². The van der Waals surface area contributed by atoms with Crippen LogP contribution < -0.4 is 10.7 Å². The normalized spacial score (nSPS) is 20.9. The lowest BCUT2D eigenvalue weighted by molar-refractivity contribution is -0.132. The summed E-state index contributed by atoms with van der Waals surface area (Å²) in [6, 6.07) is -0.693. The second-order valence-corrected chi connectivity index (χ2v) is 6.18. The van der Waals surface area contributed by atoms with Gasteiger partial charge in [0, 0.05) is 5.92 Å². The molecule has 1 aliphatic heterocycles. The number of rotatable bonds is 4. The molecule has 1 atom stereocenters. The van der Waals surface area contributed by atoms with E-state index in [2.05, 4.69) is 20.7 Å².